The van der Waals surface area contributed by atoms with Crippen molar-refractivity contribution >= 4 is 17.3 Å². The van der Waals surface area contributed by atoms with Crippen molar-refractivity contribution in [1.29, 1.82) is 0 Å². The molecule has 9 aromatic heterocycles. The van der Waals surface area contributed by atoms with Gasteiger partial charge in [0.2, 0.25) is 0 Å². The Balaban J connectivity index is 0.000000447. The van der Waals surface area contributed by atoms with Crippen LogP contribution in [0.25, 0.3) is 78.1 Å². The van der Waals surface area contributed by atoms with Gasteiger partial charge >= 0.3 is 5.97 Å². The van der Waals surface area contributed by atoms with Gasteiger partial charge in [-0.3, -0.25) is 8.78 Å². The second-order valence-electron chi connectivity index (χ2n) is 24.4. The molecule has 0 saturated carbocycles. The van der Waals surface area contributed by atoms with Crippen molar-refractivity contribution in [3.8, 4) is 78.1 Å². The number of carboxylic acid groups (broad SMARTS) is 1. The van der Waals surface area contributed by atoms with Gasteiger partial charge < -0.3 is 50.2 Å². The van der Waals surface area contributed by atoms with Crippen molar-refractivity contribution in [3.05, 3.63) is 435 Å². The predicted octanol–water partition coefficient (Wildman–Crippen LogP) is 22.0. The molecule has 0 fully saturated rings. The van der Waals surface area contributed by atoms with E-state index in [2.05, 4.69) is 139 Å². The van der Waals surface area contributed by atoms with Crippen LogP contribution in [-0.4, -0.2) is 73.4 Å². The van der Waals surface area contributed by atoms with E-state index >= 15 is 0 Å². The molecule has 12 nitrogen and oxygen atoms in total. The van der Waals surface area contributed by atoms with Crippen LogP contribution in [0, 0.1) is 61.0 Å². The van der Waals surface area contributed by atoms with Crippen LogP contribution < -0.4 is 0 Å². The number of aryl methyl sites for hydroxylation is 1. The monoisotopic (exact) mass is 2280 g/mol. The number of pyridine rings is 8. The molecule has 15 aromatic rings. The van der Waals surface area contributed by atoms with Gasteiger partial charge in [-0.15, -0.1) is 215 Å². The number of aliphatic hydroxyl groups is 2. The minimum Gasteiger partial charge on any atom is -0.477 e. The van der Waals surface area contributed by atoms with E-state index in [1.54, 1.807) is 98.9 Å². The van der Waals surface area contributed by atoms with E-state index in [9.17, 15) is 13.6 Å². The molecule has 20 heteroatoms. The third kappa shape index (κ3) is 40.5. The number of hydrogen-bond acceptors (Lipinski definition) is 12. The molecule has 0 bridgehead atoms. The molecule has 609 valence electrons. The zero-order valence-corrected chi connectivity index (χ0v) is 75.7. The summed E-state index contributed by atoms with van der Waals surface area (Å²) in [5, 5.41) is 27.5. The first-order chi connectivity index (χ1) is 54.5. The standard InChI is InChI=1S/C15H14N.2C14H12N.C12H10N.C11H6F2N.C11H8N.C9H6NS.C6H5NO2.C5H12O2.3Ir.2Rh/c1-12(2)11-13-6-8-14(9-7-13)15-5-3-4-10-16-15;1-2-6-12-7-5-8-13(11-12)14-9-3-4-10-15-14;1-2-5-12-7-9-13(10-8-12)14-6-3-4-11-15-14;1-10-5-7-11(8-6-10)12-4-2-3-9-13-12;12-8-4-5-9(10(13)7-8)11-3-1-2-6-14-11;1-2-6-10(7-3-1)11-8-4-5-9-12-11;1-2-6-10-8(4-1)9-5-3-7-11-9;8-6(9)5-3-1-2-4-7-5;1-4(6)3-5(2)7;;;;;/h3-8,10H,1,11H2,2H3;2-5,7,9-11H,1,6H2;2-4,6-9,11H,1,5H2;2-7,9H,1H3;1-4,6-7H;1-6,8-9H;1-4,6-7H;1-4H,(H,8,9);4-7H,3H2,1-2H3;;;;;/q7*-1;;;;;;;. The average Bonchev–Trinajstić information content (AvgIpc) is 1.37. The maximum absolute atomic E-state index is 13.2. The third-order valence-electron chi connectivity index (χ3n) is 15.0. The summed E-state index contributed by atoms with van der Waals surface area (Å²) in [6.45, 7) is 18.8. The summed E-state index contributed by atoms with van der Waals surface area (Å²) in [6.07, 6.45) is 20.0. The Morgan fingerprint density at radius 2 is 0.846 bits per heavy atom. The van der Waals surface area contributed by atoms with Gasteiger partial charge in [-0.25, -0.2) is 21.1 Å². The molecule has 3 N–H and O–H groups in total. The summed E-state index contributed by atoms with van der Waals surface area (Å²) >= 11 is 1.66. The van der Waals surface area contributed by atoms with Gasteiger partial charge in [0.05, 0.1) is 12.2 Å². The average molecular weight is 2280 g/mol. The zero-order valence-electron chi connectivity index (χ0n) is 64.4. The van der Waals surface area contributed by atoms with E-state index in [0.717, 1.165) is 98.3 Å². The zero-order chi connectivity index (χ0) is 79.8. The second-order valence-corrected chi connectivity index (χ2v) is 25.3. The molecule has 117 heavy (non-hydrogen) atoms. The fraction of sp³-hybridized carbons (Fsp3) is 0.103. The molecule has 0 amide bonds. The molecule has 0 aliphatic rings. The summed E-state index contributed by atoms with van der Waals surface area (Å²) in [7, 11) is 0. The second kappa shape index (κ2) is 60.4. The van der Waals surface area contributed by atoms with E-state index in [1.165, 1.54) is 40.1 Å². The minimum absolute atomic E-state index is 0. The van der Waals surface area contributed by atoms with Crippen molar-refractivity contribution in [1.82, 2.24) is 39.9 Å². The molecule has 0 aliphatic carbocycles. The normalized spacial score (nSPS) is 9.95. The van der Waals surface area contributed by atoms with Crippen molar-refractivity contribution in [2.45, 2.75) is 65.6 Å². The van der Waals surface area contributed by atoms with Gasteiger partial charge in [0.1, 0.15) is 5.69 Å². The number of thiophene rings is 1. The fourth-order valence-electron chi connectivity index (χ4n) is 9.78. The number of allylic oxidation sites excluding steroid dienone is 3. The molecule has 15 rings (SSSR count). The number of aromatic nitrogens is 8. The number of rotatable bonds is 16. The summed E-state index contributed by atoms with van der Waals surface area (Å²) < 4.78 is 25.8. The summed E-state index contributed by atoms with van der Waals surface area (Å²) in [5.74, 6) is -2.28. The SMILES string of the molecule is C=C(C)Cc1c[c-]c(-c2ccccn2)cc1.C=CCc1c[c-]c(-c2ccccn2)cc1.C=CCc1cc[c-]c(-c2ccccn2)c1.CC(O)CC(C)O.Cc1c[c-]c(-c2ccccn2)cc1.Fc1c[c-]c(-c2ccccn2)c(F)c1.O=C(O)c1ccccn1.[Ir].[Ir].[Ir].[Rh].[Rh].[c-]1ccccc1-c1ccccn1.[c-]1ccsc1-c1ccccn1. The molecule has 0 spiro atoms. The van der Waals surface area contributed by atoms with Crippen LogP contribution in [0.1, 0.15) is 59.9 Å². The smallest absolute Gasteiger partial charge is 0.354 e. The number of halogens is 2. The Kier molecular flexibility index (Phi) is 53.1. The van der Waals surface area contributed by atoms with E-state index in [4.69, 9.17) is 15.3 Å². The molecule has 0 saturated heterocycles. The van der Waals surface area contributed by atoms with Crippen LogP contribution >= 0.6 is 11.3 Å². The summed E-state index contributed by atoms with van der Waals surface area (Å²) in [5.41, 5.74) is 17.8. The van der Waals surface area contributed by atoms with E-state index < -0.39 is 17.6 Å². The molecular weight excluding hydrogens is 2190 g/mol. The number of carboxylic acids is 1. The molecule has 2 unspecified atom stereocenters. The van der Waals surface area contributed by atoms with E-state index in [0.29, 0.717) is 12.1 Å². The Morgan fingerprint density at radius 1 is 0.436 bits per heavy atom. The van der Waals surface area contributed by atoms with Crippen LogP contribution in [0.2, 0.25) is 0 Å². The van der Waals surface area contributed by atoms with E-state index in [-0.39, 0.29) is 123 Å². The van der Waals surface area contributed by atoms with Gasteiger partial charge in [-0.1, -0.05) is 132 Å². The van der Waals surface area contributed by atoms with Gasteiger partial charge in [0.25, 0.3) is 0 Å². The van der Waals surface area contributed by atoms with Crippen molar-refractivity contribution in [3.63, 3.8) is 0 Å². The van der Waals surface area contributed by atoms with Gasteiger partial charge in [0, 0.05) is 160 Å². The minimum atomic E-state index is -0.990. The largest absolute Gasteiger partial charge is 0.477 e. The number of aliphatic hydroxyl groups excluding tert-OH is 2. The quantitative estimate of drug-likeness (QED) is 0.0474. The van der Waals surface area contributed by atoms with Gasteiger partial charge in [-0.05, 0) is 141 Å². The van der Waals surface area contributed by atoms with Crippen LogP contribution in [0.3, 0.4) is 0 Å². The number of hydrogen-bond donors (Lipinski definition) is 3. The Labute approximate surface area is 757 Å². The molecular formula is C97H85F2Ir3N8O4Rh2S-7. The number of aromatic carboxylic acids is 1. The molecule has 5 radical (unpaired) electrons. The maximum Gasteiger partial charge on any atom is 0.354 e. The number of carbonyl (C=O) groups is 1. The molecule has 0 aliphatic heterocycles. The van der Waals surface area contributed by atoms with Crippen molar-refractivity contribution < 1.29 is 128 Å². The third-order valence-corrected chi connectivity index (χ3v) is 15.8. The topological polar surface area (TPSA) is 181 Å². The predicted molar refractivity (Wildman–Crippen MR) is 448 cm³/mol. The first kappa shape index (κ1) is 103. The van der Waals surface area contributed by atoms with Gasteiger partial charge in [-0.2, -0.15) is 12.1 Å². The van der Waals surface area contributed by atoms with Gasteiger partial charge in [0.15, 0.2) is 0 Å². The summed E-state index contributed by atoms with van der Waals surface area (Å²) in [4.78, 5) is 44.3. The fourth-order valence-corrected chi connectivity index (χ4v) is 10.4. The van der Waals surface area contributed by atoms with Crippen molar-refractivity contribution in [2.24, 2.45) is 0 Å². The van der Waals surface area contributed by atoms with Crippen LogP contribution in [-0.2, 0) is 119 Å². The number of benzene rings is 6. The summed E-state index contributed by atoms with van der Waals surface area (Å²) in [6, 6.07) is 103. The maximum atomic E-state index is 13.2. The molecule has 6 aromatic carbocycles. The van der Waals surface area contributed by atoms with Crippen LogP contribution in [0.5, 0.6) is 0 Å². The molecule has 9 heterocycles. The van der Waals surface area contributed by atoms with Crippen LogP contribution in [0.4, 0.5) is 8.78 Å². The Morgan fingerprint density at radius 3 is 1.20 bits per heavy atom. The van der Waals surface area contributed by atoms with E-state index in [1.807, 2.05) is 206 Å². The van der Waals surface area contributed by atoms with Crippen molar-refractivity contribution in [2.75, 3.05) is 0 Å². The Bertz CT molecular complexity index is 5060. The first-order valence-electron chi connectivity index (χ1n) is 35.6. The number of nitrogens with zero attached hydrogens (tertiary/aromatic N) is 8. The Hall–Kier alpha value is -10.1. The molecule has 2 atom stereocenters. The first-order valence-corrected chi connectivity index (χ1v) is 36.5. The van der Waals surface area contributed by atoms with Crippen LogP contribution in [0.15, 0.2) is 353 Å².